The first-order valence-electron chi connectivity index (χ1n) is 9.29. The van der Waals surface area contributed by atoms with Crippen LogP contribution in [0, 0.1) is 5.82 Å². The number of amides is 2. The Morgan fingerprint density at radius 3 is 2.43 bits per heavy atom. The van der Waals surface area contributed by atoms with E-state index in [-0.39, 0.29) is 25.2 Å². The maximum absolute atomic E-state index is 13.2. The molecule has 0 bridgehead atoms. The summed E-state index contributed by atoms with van der Waals surface area (Å²) in [6.45, 7) is 0.544. The predicted molar refractivity (Wildman–Crippen MR) is 109 cm³/mol. The van der Waals surface area contributed by atoms with Crippen LogP contribution in [0.1, 0.15) is 21.5 Å². The lowest BCUT2D eigenvalue weighted by atomic mass is 10.1. The van der Waals surface area contributed by atoms with E-state index < -0.39 is 33.8 Å². The summed E-state index contributed by atoms with van der Waals surface area (Å²) >= 11 is 0. The molecule has 1 aliphatic rings. The zero-order valence-electron chi connectivity index (χ0n) is 16.4. The molecule has 1 fully saturated rings. The molecule has 8 nitrogen and oxygen atoms in total. The second kappa shape index (κ2) is 8.90. The number of sulfonamides is 1. The van der Waals surface area contributed by atoms with Crippen LogP contribution in [0.5, 0.6) is 0 Å². The Morgan fingerprint density at radius 2 is 1.80 bits per heavy atom. The van der Waals surface area contributed by atoms with E-state index >= 15 is 0 Å². The van der Waals surface area contributed by atoms with Gasteiger partial charge >= 0.3 is 0 Å². The molecule has 1 aliphatic heterocycles. The number of carbonyl (C=O) groups is 2. The molecular weight excluding hydrogens is 411 g/mol. The number of rotatable bonds is 6. The molecule has 1 heterocycles. The van der Waals surface area contributed by atoms with Crippen LogP contribution in [0.3, 0.4) is 0 Å². The van der Waals surface area contributed by atoms with Gasteiger partial charge in [0, 0.05) is 31.7 Å². The Labute approximate surface area is 174 Å². The van der Waals surface area contributed by atoms with Gasteiger partial charge in [0.1, 0.15) is 5.82 Å². The minimum absolute atomic E-state index is 0.00743. The summed E-state index contributed by atoms with van der Waals surface area (Å²) in [5.74, 6) is -1.67. The standard InChI is InChI=1S/C20H23FN4O4S/c1-30(28,29)25-10-9-24(20(27)16-5-7-17(21)8-6-16)19(25)18(26)23-13-15-4-2-3-14(11-15)12-22/h2-8,11,19H,9-10,12-13,22H2,1H3,(H,23,26). The topological polar surface area (TPSA) is 113 Å². The highest BCUT2D eigenvalue weighted by molar-refractivity contribution is 7.88. The molecule has 0 radical (unpaired) electrons. The quantitative estimate of drug-likeness (QED) is 0.693. The van der Waals surface area contributed by atoms with Gasteiger partial charge in [-0.1, -0.05) is 24.3 Å². The Hall–Kier alpha value is -2.82. The van der Waals surface area contributed by atoms with Gasteiger partial charge in [-0.2, -0.15) is 4.31 Å². The summed E-state index contributed by atoms with van der Waals surface area (Å²) in [5.41, 5.74) is 7.49. The van der Waals surface area contributed by atoms with Crippen molar-refractivity contribution in [3.8, 4) is 0 Å². The van der Waals surface area contributed by atoms with Gasteiger partial charge < -0.3 is 16.0 Å². The van der Waals surface area contributed by atoms with E-state index in [1.165, 1.54) is 17.0 Å². The molecule has 2 aromatic rings. The minimum atomic E-state index is -3.74. The van der Waals surface area contributed by atoms with Crippen LogP contribution in [0.25, 0.3) is 0 Å². The summed E-state index contributed by atoms with van der Waals surface area (Å²) in [6.07, 6.45) is -0.334. The maximum atomic E-state index is 13.2. The summed E-state index contributed by atoms with van der Waals surface area (Å²) in [5, 5.41) is 2.70. The summed E-state index contributed by atoms with van der Waals surface area (Å²) in [6, 6.07) is 12.2. The summed E-state index contributed by atoms with van der Waals surface area (Å²) in [4.78, 5) is 27.0. The average Bonchev–Trinajstić information content (AvgIpc) is 3.18. The molecule has 3 rings (SSSR count). The molecule has 0 spiro atoms. The number of hydrogen-bond acceptors (Lipinski definition) is 5. The zero-order valence-corrected chi connectivity index (χ0v) is 17.2. The monoisotopic (exact) mass is 434 g/mol. The fraction of sp³-hybridized carbons (Fsp3) is 0.300. The lowest BCUT2D eigenvalue weighted by Gasteiger charge is -2.28. The SMILES string of the molecule is CS(=O)(=O)N1CCN(C(=O)c2ccc(F)cc2)C1C(=O)NCc1cccc(CN)c1. The third kappa shape index (κ3) is 4.84. The Morgan fingerprint density at radius 1 is 1.13 bits per heavy atom. The third-order valence-electron chi connectivity index (χ3n) is 4.84. The Balaban J connectivity index is 1.82. The van der Waals surface area contributed by atoms with Crippen LogP contribution in [0.15, 0.2) is 48.5 Å². The normalized spacial score (nSPS) is 17.2. The summed E-state index contributed by atoms with van der Waals surface area (Å²) < 4.78 is 38.6. The van der Waals surface area contributed by atoms with Crippen molar-refractivity contribution in [2.45, 2.75) is 19.3 Å². The molecule has 0 saturated carbocycles. The highest BCUT2D eigenvalue weighted by Crippen LogP contribution is 2.21. The average molecular weight is 434 g/mol. The van der Waals surface area contributed by atoms with Crippen LogP contribution in [0.2, 0.25) is 0 Å². The van der Waals surface area contributed by atoms with Crippen LogP contribution >= 0.6 is 0 Å². The smallest absolute Gasteiger partial charge is 0.259 e. The second-order valence-corrected chi connectivity index (χ2v) is 8.93. The molecule has 10 heteroatoms. The van der Waals surface area contributed by atoms with E-state index in [4.69, 9.17) is 5.73 Å². The van der Waals surface area contributed by atoms with Crippen LogP contribution in [0.4, 0.5) is 4.39 Å². The number of nitrogens with one attached hydrogen (secondary N) is 1. The van der Waals surface area contributed by atoms with Crippen molar-refractivity contribution in [3.05, 3.63) is 71.0 Å². The molecule has 1 saturated heterocycles. The third-order valence-corrected chi connectivity index (χ3v) is 6.07. The van der Waals surface area contributed by atoms with E-state index in [0.717, 1.165) is 33.8 Å². The van der Waals surface area contributed by atoms with Gasteiger partial charge in [-0.15, -0.1) is 0 Å². The van der Waals surface area contributed by atoms with Gasteiger partial charge in [0.2, 0.25) is 10.0 Å². The minimum Gasteiger partial charge on any atom is -0.349 e. The van der Waals surface area contributed by atoms with Gasteiger partial charge in [0.05, 0.1) is 6.26 Å². The number of benzene rings is 2. The molecule has 1 atom stereocenters. The number of halogens is 1. The fourth-order valence-electron chi connectivity index (χ4n) is 3.34. The van der Waals surface area contributed by atoms with Gasteiger partial charge in [0.25, 0.3) is 11.8 Å². The first kappa shape index (κ1) is 21.9. The van der Waals surface area contributed by atoms with Crippen molar-refractivity contribution in [1.82, 2.24) is 14.5 Å². The number of hydrogen-bond donors (Lipinski definition) is 2. The molecule has 1 unspecified atom stereocenters. The van der Waals surface area contributed by atoms with Crippen LogP contribution < -0.4 is 11.1 Å². The van der Waals surface area contributed by atoms with Gasteiger partial charge in [-0.25, -0.2) is 12.8 Å². The lowest BCUT2D eigenvalue weighted by Crippen LogP contribution is -2.53. The zero-order chi connectivity index (χ0) is 21.9. The Kier molecular flexibility index (Phi) is 6.49. The van der Waals surface area contributed by atoms with Crippen molar-refractivity contribution in [1.29, 1.82) is 0 Å². The fourth-order valence-corrected chi connectivity index (χ4v) is 4.33. The Bertz CT molecular complexity index is 1040. The van der Waals surface area contributed by atoms with E-state index in [1.54, 1.807) is 0 Å². The molecule has 0 aliphatic carbocycles. The number of nitrogens with two attached hydrogens (primary N) is 1. The summed E-state index contributed by atoms with van der Waals surface area (Å²) in [7, 11) is -3.74. The van der Waals surface area contributed by atoms with E-state index in [2.05, 4.69) is 5.32 Å². The second-order valence-electron chi connectivity index (χ2n) is 6.99. The number of nitrogens with zero attached hydrogens (tertiary/aromatic N) is 2. The molecular formula is C20H23FN4O4S. The van der Waals surface area contributed by atoms with E-state index in [1.807, 2.05) is 24.3 Å². The van der Waals surface area contributed by atoms with Crippen LogP contribution in [-0.4, -0.2) is 54.9 Å². The van der Waals surface area contributed by atoms with Crippen molar-refractivity contribution in [3.63, 3.8) is 0 Å². The predicted octanol–water partition coefficient (Wildman–Crippen LogP) is 0.644. The van der Waals surface area contributed by atoms with Crippen molar-refractivity contribution in [2.24, 2.45) is 5.73 Å². The first-order chi connectivity index (χ1) is 14.2. The van der Waals surface area contributed by atoms with Crippen molar-refractivity contribution in [2.75, 3.05) is 19.3 Å². The molecule has 0 aromatic heterocycles. The molecule has 30 heavy (non-hydrogen) atoms. The number of carbonyl (C=O) groups excluding carboxylic acids is 2. The highest BCUT2D eigenvalue weighted by atomic mass is 32.2. The van der Waals surface area contributed by atoms with E-state index in [0.29, 0.717) is 6.54 Å². The van der Waals surface area contributed by atoms with Gasteiger partial charge in [-0.05, 0) is 35.4 Å². The van der Waals surface area contributed by atoms with Crippen LogP contribution in [-0.2, 0) is 27.9 Å². The highest BCUT2D eigenvalue weighted by Gasteiger charge is 2.44. The van der Waals surface area contributed by atoms with E-state index in [9.17, 15) is 22.4 Å². The maximum Gasteiger partial charge on any atom is 0.259 e. The lowest BCUT2D eigenvalue weighted by molar-refractivity contribution is -0.127. The molecule has 160 valence electrons. The van der Waals surface area contributed by atoms with Crippen molar-refractivity contribution >= 4 is 21.8 Å². The van der Waals surface area contributed by atoms with Gasteiger partial charge in [-0.3, -0.25) is 9.59 Å². The largest absolute Gasteiger partial charge is 0.349 e. The first-order valence-corrected chi connectivity index (χ1v) is 11.1. The molecule has 3 N–H and O–H groups in total. The van der Waals surface area contributed by atoms with Crippen molar-refractivity contribution < 1.29 is 22.4 Å². The molecule has 2 aromatic carbocycles. The molecule has 2 amide bonds. The van der Waals surface area contributed by atoms with Gasteiger partial charge in [0.15, 0.2) is 6.17 Å².